The number of benzene rings is 2. The van der Waals surface area contributed by atoms with Crippen molar-refractivity contribution in [1.82, 2.24) is 5.32 Å². The summed E-state index contributed by atoms with van der Waals surface area (Å²) in [6.45, 7) is 0.400. The minimum atomic E-state index is -0.822. The third-order valence-corrected chi connectivity index (χ3v) is 4.63. The van der Waals surface area contributed by atoms with Gasteiger partial charge in [0.15, 0.2) is 0 Å². The van der Waals surface area contributed by atoms with Crippen molar-refractivity contribution >= 4 is 39.4 Å². The molecule has 7 heteroatoms. The lowest BCUT2D eigenvalue weighted by molar-refractivity contribution is -0.137. The van der Waals surface area contributed by atoms with Crippen LogP contribution in [-0.4, -0.2) is 35.1 Å². The van der Waals surface area contributed by atoms with Crippen LogP contribution in [0.15, 0.2) is 64.1 Å². The molecule has 0 aliphatic rings. The second kappa shape index (κ2) is 11.9. The molecule has 0 saturated carbocycles. The molecule has 6 nitrogen and oxygen atoms in total. The lowest BCUT2D eigenvalue weighted by atomic mass is 10.1. The number of aliphatic imine (C=N–C) groups is 1. The molecular formula is C22H23BrN2O4. The van der Waals surface area contributed by atoms with Gasteiger partial charge in [-0.3, -0.25) is 14.4 Å². The summed E-state index contributed by atoms with van der Waals surface area (Å²) >= 11 is 3.33. The number of rotatable bonds is 10. The van der Waals surface area contributed by atoms with Crippen LogP contribution in [0.3, 0.4) is 0 Å². The van der Waals surface area contributed by atoms with E-state index in [-0.39, 0.29) is 18.6 Å². The van der Waals surface area contributed by atoms with Gasteiger partial charge in [0, 0.05) is 29.4 Å². The van der Waals surface area contributed by atoms with E-state index in [1.54, 1.807) is 18.2 Å². The van der Waals surface area contributed by atoms with Crippen molar-refractivity contribution in [2.24, 2.45) is 4.99 Å². The zero-order valence-electron chi connectivity index (χ0n) is 15.9. The monoisotopic (exact) mass is 458 g/mol. The summed E-state index contributed by atoms with van der Waals surface area (Å²) in [6, 6.07) is 16.2. The Morgan fingerprint density at radius 3 is 2.41 bits per heavy atom. The molecule has 29 heavy (non-hydrogen) atoms. The third kappa shape index (κ3) is 8.39. The van der Waals surface area contributed by atoms with Crippen molar-refractivity contribution in [2.45, 2.75) is 32.1 Å². The first-order chi connectivity index (χ1) is 14.0. The summed E-state index contributed by atoms with van der Waals surface area (Å²) in [4.78, 5) is 39.8. The number of aliphatic carboxylic acids is 1. The average Bonchev–Trinajstić information content (AvgIpc) is 2.70. The van der Waals surface area contributed by atoms with E-state index in [1.165, 1.54) is 0 Å². The van der Waals surface area contributed by atoms with Gasteiger partial charge in [0.25, 0.3) is 11.8 Å². The number of amides is 2. The Kier molecular flexibility index (Phi) is 9.24. The van der Waals surface area contributed by atoms with Gasteiger partial charge < -0.3 is 10.4 Å². The van der Waals surface area contributed by atoms with E-state index in [2.05, 4.69) is 26.2 Å². The second-order valence-corrected chi connectivity index (χ2v) is 7.41. The lowest BCUT2D eigenvalue weighted by Gasteiger charge is -2.09. The quantitative estimate of drug-likeness (QED) is 0.414. The van der Waals surface area contributed by atoms with E-state index < -0.39 is 17.8 Å². The Morgan fingerprint density at radius 2 is 1.72 bits per heavy atom. The van der Waals surface area contributed by atoms with Crippen molar-refractivity contribution in [3.05, 3.63) is 70.2 Å². The van der Waals surface area contributed by atoms with E-state index >= 15 is 0 Å². The maximum absolute atomic E-state index is 12.6. The van der Waals surface area contributed by atoms with Crippen LogP contribution in [0.2, 0.25) is 0 Å². The topological polar surface area (TPSA) is 95.8 Å². The van der Waals surface area contributed by atoms with Gasteiger partial charge in [-0.25, -0.2) is 4.99 Å². The molecule has 0 aliphatic heterocycles. The van der Waals surface area contributed by atoms with Crippen LogP contribution in [0.1, 0.15) is 41.6 Å². The number of carboxylic acids is 1. The zero-order chi connectivity index (χ0) is 21.1. The summed E-state index contributed by atoms with van der Waals surface area (Å²) in [5.41, 5.74) is 1.42. The molecule has 0 aromatic heterocycles. The Labute approximate surface area is 178 Å². The van der Waals surface area contributed by atoms with Gasteiger partial charge in [0.05, 0.1) is 0 Å². The fourth-order valence-electron chi connectivity index (χ4n) is 2.65. The first kappa shape index (κ1) is 22.5. The van der Waals surface area contributed by atoms with Crippen molar-refractivity contribution in [1.29, 1.82) is 0 Å². The molecule has 2 amide bonds. The molecule has 0 saturated heterocycles. The van der Waals surface area contributed by atoms with Crippen molar-refractivity contribution in [3.63, 3.8) is 0 Å². The van der Waals surface area contributed by atoms with Gasteiger partial charge in [-0.1, -0.05) is 58.7 Å². The molecule has 2 aromatic carbocycles. The van der Waals surface area contributed by atoms with Crippen LogP contribution >= 0.6 is 15.9 Å². The minimum absolute atomic E-state index is 0.121. The van der Waals surface area contributed by atoms with Crippen molar-refractivity contribution in [2.75, 3.05) is 6.54 Å². The first-order valence-corrected chi connectivity index (χ1v) is 10.2. The Bertz CT molecular complexity index is 881. The molecule has 0 fully saturated rings. The number of hydrogen-bond acceptors (Lipinski definition) is 3. The number of carbonyl (C=O) groups excluding carboxylic acids is 2. The van der Waals surface area contributed by atoms with E-state index in [4.69, 9.17) is 5.11 Å². The molecule has 2 N–H and O–H groups in total. The number of hydrogen-bond donors (Lipinski definition) is 2. The van der Waals surface area contributed by atoms with Crippen LogP contribution in [0.25, 0.3) is 0 Å². The van der Waals surface area contributed by atoms with E-state index in [0.717, 1.165) is 10.0 Å². The van der Waals surface area contributed by atoms with E-state index in [9.17, 15) is 14.4 Å². The van der Waals surface area contributed by atoms with Gasteiger partial charge in [-0.05, 0) is 36.6 Å². The number of halogens is 1. The molecule has 0 heterocycles. The van der Waals surface area contributed by atoms with Crippen LogP contribution in [0.5, 0.6) is 0 Å². The van der Waals surface area contributed by atoms with Crippen LogP contribution < -0.4 is 5.32 Å². The molecule has 0 unspecified atom stereocenters. The largest absolute Gasteiger partial charge is 0.481 e. The van der Waals surface area contributed by atoms with Crippen molar-refractivity contribution in [3.8, 4) is 0 Å². The predicted molar refractivity (Wildman–Crippen MR) is 115 cm³/mol. The van der Waals surface area contributed by atoms with Crippen LogP contribution in [-0.2, 0) is 16.0 Å². The summed E-state index contributed by atoms with van der Waals surface area (Å²) in [5.74, 6) is -1.69. The Hall–Kier alpha value is -2.80. The summed E-state index contributed by atoms with van der Waals surface area (Å²) in [6.07, 6.45) is 2.30. The number of nitrogens with zero attached hydrogens (tertiary/aromatic N) is 1. The first-order valence-electron chi connectivity index (χ1n) is 9.37. The molecule has 2 rings (SSSR count). The second-order valence-electron chi connectivity index (χ2n) is 6.50. The number of nitrogens with one attached hydrogen (secondary N) is 1. The molecule has 0 atom stereocenters. The van der Waals surface area contributed by atoms with Gasteiger partial charge in [0.1, 0.15) is 5.71 Å². The van der Waals surface area contributed by atoms with Gasteiger partial charge in [-0.2, -0.15) is 0 Å². The highest BCUT2D eigenvalue weighted by atomic mass is 79.9. The standard InChI is InChI=1S/C22H23BrN2O4/c23-18-11-7-10-17(15-18)21(28)25-19(14-16-8-3-1-4-9-16)22(29)24-13-6-2-5-12-20(26)27/h1,3-4,7-11,15H,2,5-6,12-14H2,(H,24,29)(H,26,27). The molecule has 0 radical (unpaired) electrons. The average molecular weight is 459 g/mol. The lowest BCUT2D eigenvalue weighted by Crippen LogP contribution is -2.33. The highest BCUT2D eigenvalue weighted by Crippen LogP contribution is 2.13. The summed E-state index contributed by atoms with van der Waals surface area (Å²) in [7, 11) is 0. The zero-order valence-corrected chi connectivity index (χ0v) is 17.5. The SMILES string of the molecule is O=C(O)CCCCCNC(=O)C(Cc1ccccc1)=NC(=O)c1cccc(Br)c1. The molecule has 152 valence electrons. The Balaban J connectivity index is 2.05. The number of carbonyl (C=O) groups is 3. The molecule has 0 aliphatic carbocycles. The van der Waals surface area contributed by atoms with E-state index in [0.29, 0.717) is 31.4 Å². The maximum Gasteiger partial charge on any atom is 0.303 e. The van der Waals surface area contributed by atoms with Gasteiger partial charge in [-0.15, -0.1) is 0 Å². The fraction of sp³-hybridized carbons (Fsp3) is 0.273. The normalized spacial score (nSPS) is 11.1. The molecule has 0 bridgehead atoms. The minimum Gasteiger partial charge on any atom is -0.481 e. The summed E-state index contributed by atoms with van der Waals surface area (Å²) < 4.78 is 0.758. The fourth-order valence-corrected chi connectivity index (χ4v) is 3.05. The van der Waals surface area contributed by atoms with Gasteiger partial charge in [0.2, 0.25) is 0 Å². The number of unbranched alkanes of at least 4 members (excludes halogenated alkanes) is 2. The number of carboxylic acid groups (broad SMARTS) is 1. The highest BCUT2D eigenvalue weighted by molar-refractivity contribution is 9.10. The molecule has 0 spiro atoms. The van der Waals surface area contributed by atoms with E-state index in [1.807, 2.05) is 36.4 Å². The molecular weight excluding hydrogens is 436 g/mol. The summed E-state index contributed by atoms with van der Waals surface area (Å²) in [5, 5.41) is 11.4. The third-order valence-electron chi connectivity index (χ3n) is 4.14. The predicted octanol–water partition coefficient (Wildman–Crippen LogP) is 4.03. The van der Waals surface area contributed by atoms with Gasteiger partial charge >= 0.3 is 5.97 Å². The Morgan fingerprint density at radius 1 is 0.966 bits per heavy atom. The maximum atomic E-state index is 12.6. The van der Waals surface area contributed by atoms with Crippen LogP contribution in [0.4, 0.5) is 0 Å². The van der Waals surface area contributed by atoms with Crippen molar-refractivity contribution < 1.29 is 19.5 Å². The molecule has 2 aromatic rings. The van der Waals surface area contributed by atoms with Crippen LogP contribution in [0, 0.1) is 0 Å². The highest BCUT2D eigenvalue weighted by Gasteiger charge is 2.15. The smallest absolute Gasteiger partial charge is 0.303 e.